The number of carboxylic acid groups (broad SMARTS) is 1. The Hall–Kier alpha value is -4.57. The van der Waals surface area contributed by atoms with Gasteiger partial charge < -0.3 is 15.7 Å². The Balaban J connectivity index is 1.46. The maximum atomic E-state index is 13.4. The maximum Gasteiger partial charge on any atom is 0.320 e. The number of amides is 4. The summed E-state index contributed by atoms with van der Waals surface area (Å²) < 4.78 is 0. The van der Waals surface area contributed by atoms with Crippen molar-refractivity contribution in [2.45, 2.75) is 51.2 Å². The van der Waals surface area contributed by atoms with E-state index in [1.807, 2.05) is 68.4 Å². The van der Waals surface area contributed by atoms with E-state index < -0.39 is 41.8 Å². The average molecular weight is 573 g/mol. The summed E-state index contributed by atoms with van der Waals surface area (Å²) in [5, 5.41) is 19.9. The molecule has 220 valence electrons. The third kappa shape index (κ3) is 7.01. The summed E-state index contributed by atoms with van der Waals surface area (Å²) >= 11 is 0. The molecule has 4 N–H and O–H groups in total. The van der Waals surface area contributed by atoms with Gasteiger partial charge in [-0.25, -0.2) is 0 Å². The standard InChI is InChI=1S/C32H36N4O6/c1-19(2)15-26(29(38)35-27(28(37)33-3)16-20-9-5-4-6-10-20)34-25(32(41)42)13-14-36-30(39)23-17-21-11-7-8-12-22(21)18-24(23)31(36)40/h4-12,17-19,25-27,34H,13-16H2,1-3H3,(H,33,37)(H,35,38)(H,41,42)/t25?,26-,27-/m0/s1. The molecule has 0 saturated carbocycles. The summed E-state index contributed by atoms with van der Waals surface area (Å²) in [4.78, 5) is 65.6. The maximum absolute atomic E-state index is 13.4. The molecule has 0 radical (unpaired) electrons. The highest BCUT2D eigenvalue weighted by atomic mass is 16.4. The lowest BCUT2D eigenvalue weighted by Crippen LogP contribution is -2.56. The third-order valence-corrected chi connectivity index (χ3v) is 7.36. The fourth-order valence-electron chi connectivity index (χ4n) is 5.19. The van der Waals surface area contributed by atoms with Gasteiger partial charge in [0.2, 0.25) is 11.8 Å². The number of nitrogens with zero attached hydrogens (tertiary/aromatic N) is 1. The van der Waals surface area contributed by atoms with Crippen molar-refractivity contribution in [1.29, 1.82) is 0 Å². The number of aliphatic carboxylic acids is 1. The number of nitrogens with one attached hydrogen (secondary N) is 3. The molecule has 4 rings (SSSR count). The first-order chi connectivity index (χ1) is 20.1. The van der Waals surface area contributed by atoms with Crippen molar-refractivity contribution >= 4 is 40.4 Å². The highest BCUT2D eigenvalue weighted by Crippen LogP contribution is 2.28. The number of carbonyl (C=O) groups is 5. The first-order valence-electron chi connectivity index (χ1n) is 14.0. The molecule has 1 unspecified atom stereocenters. The quantitative estimate of drug-likeness (QED) is 0.231. The molecule has 10 nitrogen and oxygen atoms in total. The van der Waals surface area contributed by atoms with E-state index in [1.165, 1.54) is 7.05 Å². The molecule has 10 heteroatoms. The molecule has 1 aliphatic heterocycles. The Kier molecular flexibility index (Phi) is 9.69. The van der Waals surface area contributed by atoms with Gasteiger partial charge in [-0.05, 0) is 47.2 Å². The second kappa shape index (κ2) is 13.4. The Morgan fingerprint density at radius 3 is 1.90 bits per heavy atom. The zero-order chi connectivity index (χ0) is 30.4. The first kappa shape index (κ1) is 30.4. The number of rotatable bonds is 13. The van der Waals surface area contributed by atoms with Gasteiger partial charge in [-0.3, -0.25) is 34.2 Å². The van der Waals surface area contributed by atoms with Crippen molar-refractivity contribution < 1.29 is 29.1 Å². The predicted octanol–water partition coefficient (Wildman–Crippen LogP) is 2.76. The van der Waals surface area contributed by atoms with Gasteiger partial charge in [0, 0.05) is 20.0 Å². The van der Waals surface area contributed by atoms with Gasteiger partial charge in [-0.1, -0.05) is 68.4 Å². The van der Waals surface area contributed by atoms with E-state index in [4.69, 9.17) is 0 Å². The van der Waals surface area contributed by atoms with E-state index in [-0.39, 0.29) is 42.3 Å². The van der Waals surface area contributed by atoms with Gasteiger partial charge in [0.15, 0.2) is 0 Å². The van der Waals surface area contributed by atoms with Crippen molar-refractivity contribution in [3.8, 4) is 0 Å². The summed E-state index contributed by atoms with van der Waals surface area (Å²) in [6, 6.07) is 17.0. The molecule has 0 aromatic heterocycles. The highest BCUT2D eigenvalue weighted by Gasteiger charge is 2.37. The number of fused-ring (bicyclic) bond motifs is 2. The van der Waals surface area contributed by atoms with Crippen LogP contribution in [0.15, 0.2) is 66.7 Å². The second-order valence-corrected chi connectivity index (χ2v) is 10.9. The summed E-state index contributed by atoms with van der Waals surface area (Å²) in [5.74, 6) is -3.02. The van der Waals surface area contributed by atoms with Crippen LogP contribution < -0.4 is 16.0 Å². The van der Waals surface area contributed by atoms with Gasteiger partial charge in [0.1, 0.15) is 12.1 Å². The van der Waals surface area contributed by atoms with Crippen molar-refractivity contribution in [2.75, 3.05) is 13.6 Å². The average Bonchev–Trinajstić information content (AvgIpc) is 3.20. The number of imide groups is 1. The number of hydrogen-bond acceptors (Lipinski definition) is 6. The Morgan fingerprint density at radius 2 is 1.38 bits per heavy atom. The minimum Gasteiger partial charge on any atom is -0.480 e. The van der Waals surface area contributed by atoms with Gasteiger partial charge in [0.05, 0.1) is 17.2 Å². The number of carboxylic acids is 1. The summed E-state index contributed by atoms with van der Waals surface area (Å²) in [7, 11) is 1.48. The van der Waals surface area contributed by atoms with E-state index in [0.717, 1.165) is 21.2 Å². The van der Waals surface area contributed by atoms with Gasteiger partial charge in [-0.2, -0.15) is 0 Å². The number of benzene rings is 3. The molecule has 0 spiro atoms. The van der Waals surface area contributed by atoms with Crippen molar-refractivity contribution in [3.63, 3.8) is 0 Å². The fraction of sp³-hybridized carbons (Fsp3) is 0.344. The van der Waals surface area contributed by atoms with Gasteiger partial charge >= 0.3 is 5.97 Å². The second-order valence-electron chi connectivity index (χ2n) is 10.9. The Morgan fingerprint density at radius 1 is 0.810 bits per heavy atom. The van der Waals surface area contributed by atoms with Crippen molar-refractivity contribution in [3.05, 3.63) is 83.4 Å². The van der Waals surface area contributed by atoms with Crippen LogP contribution in [0.5, 0.6) is 0 Å². The van der Waals surface area contributed by atoms with Crippen LogP contribution >= 0.6 is 0 Å². The molecule has 3 aromatic carbocycles. The highest BCUT2D eigenvalue weighted by molar-refractivity contribution is 6.23. The number of likely N-dealkylation sites (N-methyl/N-ethyl adjacent to an activating group) is 1. The molecular formula is C32H36N4O6. The number of hydrogen-bond donors (Lipinski definition) is 4. The smallest absolute Gasteiger partial charge is 0.320 e. The first-order valence-corrected chi connectivity index (χ1v) is 14.0. The molecule has 0 bridgehead atoms. The SMILES string of the molecule is CNC(=O)[C@H](Cc1ccccc1)NC(=O)[C@H](CC(C)C)NC(CCN1C(=O)c2cc3ccccc3cc2C1=O)C(=O)O. The van der Waals surface area contributed by atoms with Crippen molar-refractivity contribution in [1.82, 2.24) is 20.9 Å². The fourth-order valence-corrected chi connectivity index (χ4v) is 5.19. The van der Waals surface area contributed by atoms with E-state index in [2.05, 4.69) is 16.0 Å². The Labute approximate surface area is 244 Å². The molecule has 0 aliphatic carbocycles. The predicted molar refractivity (Wildman–Crippen MR) is 158 cm³/mol. The van der Waals surface area contributed by atoms with Gasteiger partial charge in [0.25, 0.3) is 11.8 Å². The Bertz CT molecular complexity index is 1430. The van der Waals surface area contributed by atoms with Crippen LogP contribution in [0.25, 0.3) is 10.8 Å². The molecule has 42 heavy (non-hydrogen) atoms. The van der Waals surface area contributed by atoms with E-state index >= 15 is 0 Å². The van der Waals surface area contributed by atoms with E-state index in [1.54, 1.807) is 12.1 Å². The monoisotopic (exact) mass is 572 g/mol. The largest absolute Gasteiger partial charge is 0.480 e. The molecule has 3 atom stereocenters. The lowest BCUT2D eigenvalue weighted by molar-refractivity contribution is -0.140. The van der Waals surface area contributed by atoms with Crippen LogP contribution in [0.1, 0.15) is 53.0 Å². The lowest BCUT2D eigenvalue weighted by atomic mass is 10.00. The molecule has 0 saturated heterocycles. The zero-order valence-corrected chi connectivity index (χ0v) is 23.9. The normalized spacial score (nSPS) is 14.9. The van der Waals surface area contributed by atoms with E-state index in [9.17, 15) is 29.1 Å². The minimum absolute atomic E-state index is 0.0284. The molecule has 1 heterocycles. The number of carbonyl (C=O) groups excluding carboxylic acids is 4. The molecule has 3 aromatic rings. The third-order valence-electron chi connectivity index (χ3n) is 7.36. The molecule has 1 aliphatic rings. The molecule has 0 fully saturated rings. The van der Waals surface area contributed by atoms with Gasteiger partial charge in [-0.15, -0.1) is 0 Å². The van der Waals surface area contributed by atoms with E-state index in [0.29, 0.717) is 6.42 Å². The zero-order valence-electron chi connectivity index (χ0n) is 23.9. The minimum atomic E-state index is -1.23. The molecular weight excluding hydrogens is 536 g/mol. The van der Waals surface area contributed by atoms with Crippen LogP contribution in [0, 0.1) is 5.92 Å². The van der Waals surface area contributed by atoms with Crippen LogP contribution in [0.2, 0.25) is 0 Å². The molecule has 4 amide bonds. The summed E-state index contributed by atoms with van der Waals surface area (Å²) in [5.41, 5.74) is 1.43. The van der Waals surface area contributed by atoms with Crippen LogP contribution in [0.3, 0.4) is 0 Å². The topological polar surface area (TPSA) is 145 Å². The van der Waals surface area contributed by atoms with Crippen LogP contribution in [-0.4, -0.2) is 71.3 Å². The van der Waals surface area contributed by atoms with Crippen molar-refractivity contribution in [2.24, 2.45) is 5.92 Å². The van der Waals surface area contributed by atoms with Crippen LogP contribution in [0.4, 0.5) is 0 Å². The summed E-state index contributed by atoms with van der Waals surface area (Å²) in [6.45, 7) is 3.67. The lowest BCUT2D eigenvalue weighted by Gasteiger charge is -2.27. The van der Waals surface area contributed by atoms with Crippen LogP contribution in [-0.2, 0) is 20.8 Å². The summed E-state index contributed by atoms with van der Waals surface area (Å²) in [6.07, 6.45) is 0.462.